The van der Waals surface area contributed by atoms with Gasteiger partial charge in [0.1, 0.15) is 5.69 Å². The van der Waals surface area contributed by atoms with E-state index in [1.807, 2.05) is 27.3 Å². The van der Waals surface area contributed by atoms with Crippen molar-refractivity contribution in [1.82, 2.24) is 24.4 Å². The molecule has 1 saturated carbocycles. The molecule has 2 aliphatic rings. The summed E-state index contributed by atoms with van der Waals surface area (Å²) in [5, 5.41) is 3.01. The summed E-state index contributed by atoms with van der Waals surface area (Å²) < 4.78 is 30.4. The molecule has 10 heteroatoms. The fraction of sp³-hybridized carbons (Fsp3) is 0.379. The molecule has 0 atom stereocenters. The summed E-state index contributed by atoms with van der Waals surface area (Å²) in [6.45, 7) is 0.553. The maximum atomic E-state index is 13.8. The first-order chi connectivity index (χ1) is 18.9. The van der Waals surface area contributed by atoms with Crippen molar-refractivity contribution in [3.8, 4) is 5.69 Å². The number of halogens is 3. The molecule has 1 amide bonds. The maximum absolute atomic E-state index is 13.8. The van der Waals surface area contributed by atoms with Crippen LogP contribution in [0.4, 0.5) is 8.78 Å². The summed E-state index contributed by atoms with van der Waals surface area (Å²) in [6.07, 6.45) is 7.77. The molecule has 0 aliphatic heterocycles. The van der Waals surface area contributed by atoms with E-state index in [1.54, 1.807) is 12.4 Å². The summed E-state index contributed by atoms with van der Waals surface area (Å²) in [5.74, 6) is -0.356. The Hall–Kier alpha value is -3.59. The van der Waals surface area contributed by atoms with Gasteiger partial charge in [-0.3, -0.25) is 23.9 Å². The Morgan fingerprint density at radius 1 is 1.10 bits per heavy atom. The van der Waals surface area contributed by atoms with Gasteiger partial charge in [0.05, 0.1) is 33.5 Å². The molecule has 1 aromatic carbocycles. The summed E-state index contributed by atoms with van der Waals surface area (Å²) in [5.41, 5.74) is 4.33. The molecule has 0 unspecified atom stereocenters. The number of pyridine rings is 2. The number of alkyl halides is 2. The van der Waals surface area contributed by atoms with E-state index in [0.717, 1.165) is 55.0 Å². The predicted molar refractivity (Wildman–Crippen MR) is 145 cm³/mol. The maximum Gasteiger partial charge on any atom is 0.333 e. The smallest absolute Gasteiger partial charge is 0.333 e. The number of hydrogen-bond acceptors (Lipinski definition) is 4. The van der Waals surface area contributed by atoms with Crippen molar-refractivity contribution in [3.63, 3.8) is 0 Å². The Labute approximate surface area is 228 Å². The van der Waals surface area contributed by atoms with Gasteiger partial charge in [0.15, 0.2) is 0 Å². The molecule has 39 heavy (non-hydrogen) atoms. The largest absolute Gasteiger partial charge is 0.349 e. The highest BCUT2D eigenvalue weighted by molar-refractivity contribution is 6.30. The van der Waals surface area contributed by atoms with Crippen LogP contribution < -0.4 is 11.0 Å². The van der Waals surface area contributed by atoms with Crippen LogP contribution in [0.2, 0.25) is 5.02 Å². The number of carbonyl (C=O) groups is 1. The molecule has 0 radical (unpaired) electrons. The van der Waals surface area contributed by atoms with Crippen molar-refractivity contribution in [2.75, 3.05) is 0 Å². The van der Waals surface area contributed by atoms with Gasteiger partial charge in [0.2, 0.25) is 0 Å². The van der Waals surface area contributed by atoms with Crippen molar-refractivity contribution < 1.29 is 13.6 Å². The first-order valence-electron chi connectivity index (χ1n) is 13.3. The number of aryl methyl sites for hydroxylation is 1. The molecule has 202 valence electrons. The van der Waals surface area contributed by atoms with Gasteiger partial charge in [-0.1, -0.05) is 23.7 Å². The van der Waals surface area contributed by atoms with Gasteiger partial charge in [-0.25, -0.2) is 13.6 Å². The predicted octanol–water partition coefficient (Wildman–Crippen LogP) is 5.65. The van der Waals surface area contributed by atoms with Crippen LogP contribution in [0.3, 0.4) is 0 Å². The molecule has 3 aromatic heterocycles. The zero-order chi connectivity index (χ0) is 27.1. The Morgan fingerprint density at radius 3 is 2.72 bits per heavy atom. The highest BCUT2D eigenvalue weighted by Gasteiger charge is 2.28. The minimum absolute atomic E-state index is 0.0679. The van der Waals surface area contributed by atoms with Crippen molar-refractivity contribution >= 4 is 28.5 Å². The van der Waals surface area contributed by atoms with Crippen LogP contribution in [0.1, 0.15) is 65.7 Å². The normalized spacial score (nSPS) is 19.0. The second-order valence-corrected chi connectivity index (χ2v) is 10.9. The van der Waals surface area contributed by atoms with Crippen LogP contribution in [0.15, 0.2) is 53.7 Å². The summed E-state index contributed by atoms with van der Waals surface area (Å²) in [7, 11) is 0. The fourth-order valence-electron chi connectivity index (χ4n) is 6.14. The molecule has 0 saturated heterocycles. The fourth-order valence-corrected chi connectivity index (χ4v) is 6.30. The first-order valence-corrected chi connectivity index (χ1v) is 13.7. The highest BCUT2D eigenvalue weighted by atomic mass is 35.5. The third-order valence-corrected chi connectivity index (χ3v) is 8.26. The third-order valence-electron chi connectivity index (χ3n) is 8.05. The lowest BCUT2D eigenvalue weighted by molar-refractivity contribution is 0.0904. The summed E-state index contributed by atoms with van der Waals surface area (Å²) in [4.78, 5) is 34.5. The Balaban J connectivity index is 1.19. The molecule has 0 bridgehead atoms. The van der Waals surface area contributed by atoms with E-state index in [0.29, 0.717) is 19.4 Å². The zero-order valence-corrected chi connectivity index (χ0v) is 22.0. The molecule has 3 heterocycles. The lowest BCUT2D eigenvalue weighted by Crippen LogP contribution is -2.39. The van der Waals surface area contributed by atoms with Crippen LogP contribution in [-0.2, 0) is 19.4 Å². The summed E-state index contributed by atoms with van der Waals surface area (Å²) in [6, 6.07) is 9.17. The van der Waals surface area contributed by atoms with E-state index in [4.69, 9.17) is 11.6 Å². The summed E-state index contributed by atoms with van der Waals surface area (Å²) >= 11 is 5.91. The SMILES string of the molecule is O=C(N[C@H]1CC[C@H](Cn2c(=O)n(-c3cccc4c3CCC4)c3ccncc32)CC1)c1cc(Cl)cnc1C(F)F. The van der Waals surface area contributed by atoms with Crippen molar-refractivity contribution in [2.45, 2.75) is 64.0 Å². The number of carbonyl (C=O) groups excluding carboxylic acids is 1. The van der Waals surface area contributed by atoms with Gasteiger partial charge < -0.3 is 5.32 Å². The number of hydrogen-bond donors (Lipinski definition) is 1. The van der Waals surface area contributed by atoms with Gasteiger partial charge in [0.25, 0.3) is 12.3 Å². The number of imidazole rings is 1. The monoisotopic (exact) mass is 551 g/mol. The average molecular weight is 552 g/mol. The van der Waals surface area contributed by atoms with Crippen LogP contribution in [0, 0.1) is 5.92 Å². The van der Waals surface area contributed by atoms with Crippen LogP contribution >= 0.6 is 11.6 Å². The lowest BCUT2D eigenvalue weighted by Gasteiger charge is -2.29. The van der Waals surface area contributed by atoms with Crippen molar-refractivity contribution in [3.05, 3.63) is 86.8 Å². The molecular weight excluding hydrogens is 524 g/mol. The molecule has 7 nitrogen and oxygen atoms in total. The Bertz CT molecular complexity index is 1610. The molecule has 2 aliphatic carbocycles. The number of rotatable bonds is 6. The number of benzene rings is 1. The molecule has 4 aromatic rings. The van der Waals surface area contributed by atoms with E-state index in [2.05, 4.69) is 21.4 Å². The van der Waals surface area contributed by atoms with E-state index in [1.165, 1.54) is 17.2 Å². The van der Waals surface area contributed by atoms with E-state index in [9.17, 15) is 18.4 Å². The molecule has 0 spiro atoms. The molecule has 6 rings (SSSR count). The number of aromatic nitrogens is 4. The average Bonchev–Trinajstić information content (AvgIpc) is 3.52. The van der Waals surface area contributed by atoms with Gasteiger partial charge in [-0.15, -0.1) is 0 Å². The first kappa shape index (κ1) is 25.7. The van der Waals surface area contributed by atoms with Gasteiger partial charge in [-0.05, 0) is 80.2 Å². The number of amides is 1. The van der Waals surface area contributed by atoms with Crippen molar-refractivity contribution in [1.29, 1.82) is 0 Å². The molecular formula is C29H28ClF2N5O2. The zero-order valence-electron chi connectivity index (χ0n) is 21.2. The number of nitrogens with one attached hydrogen (secondary N) is 1. The second kappa shape index (κ2) is 10.5. The minimum Gasteiger partial charge on any atom is -0.349 e. The Morgan fingerprint density at radius 2 is 1.92 bits per heavy atom. The van der Waals surface area contributed by atoms with Gasteiger partial charge in [0, 0.05) is 25.0 Å². The highest BCUT2D eigenvalue weighted by Crippen LogP contribution is 2.31. The number of nitrogens with zero attached hydrogens (tertiary/aromatic N) is 4. The van der Waals surface area contributed by atoms with Crippen LogP contribution in [-0.4, -0.2) is 31.1 Å². The quantitative estimate of drug-likeness (QED) is 0.336. The molecule has 1 fully saturated rings. The van der Waals surface area contributed by atoms with Gasteiger partial charge in [-0.2, -0.15) is 0 Å². The van der Waals surface area contributed by atoms with Crippen molar-refractivity contribution in [2.24, 2.45) is 5.92 Å². The minimum atomic E-state index is -2.87. The number of fused-ring (bicyclic) bond motifs is 2. The van der Waals surface area contributed by atoms with E-state index in [-0.39, 0.29) is 28.2 Å². The van der Waals surface area contributed by atoms with Crippen LogP contribution in [0.25, 0.3) is 16.7 Å². The standard InChI is InChI=1S/C29H28ClF2N5O2/c30-19-13-22(26(27(31)32)34-14-19)28(38)35-20-9-7-17(8-10-20)16-36-25-15-33-12-11-24(25)37(29(36)39)23-6-2-4-18-3-1-5-21(18)23/h2,4,6,11-15,17,20,27H,1,3,5,7-10,16H2,(H,35,38)/t17-,20-. The Kier molecular flexibility index (Phi) is 6.93. The topological polar surface area (TPSA) is 81.8 Å². The van der Waals surface area contributed by atoms with Crippen LogP contribution in [0.5, 0.6) is 0 Å². The van der Waals surface area contributed by atoms with E-state index >= 15 is 0 Å². The van der Waals surface area contributed by atoms with E-state index < -0.39 is 18.0 Å². The van der Waals surface area contributed by atoms with Gasteiger partial charge >= 0.3 is 5.69 Å². The molecule has 1 N–H and O–H groups in total. The lowest BCUT2D eigenvalue weighted by atomic mass is 9.85. The second-order valence-electron chi connectivity index (χ2n) is 10.4. The third kappa shape index (κ3) is 4.84.